The van der Waals surface area contributed by atoms with Crippen LogP contribution in [0.5, 0.6) is 0 Å². The Bertz CT molecular complexity index is 576. The highest BCUT2D eigenvalue weighted by Crippen LogP contribution is 2.24. The lowest BCUT2D eigenvalue weighted by Gasteiger charge is -2.25. The number of nitrogens with one attached hydrogen (secondary N) is 1. The summed E-state index contributed by atoms with van der Waals surface area (Å²) in [6, 6.07) is 5.23. The molecule has 6 heteroatoms. The van der Waals surface area contributed by atoms with E-state index >= 15 is 0 Å². The molecule has 1 aliphatic heterocycles. The van der Waals surface area contributed by atoms with Crippen molar-refractivity contribution in [2.24, 2.45) is 0 Å². The molecule has 0 aromatic heterocycles. The fourth-order valence-electron chi connectivity index (χ4n) is 2.53. The minimum Gasteiger partial charge on any atom is -0.480 e. The number of carboxylic acid groups (broad SMARTS) is 1. The summed E-state index contributed by atoms with van der Waals surface area (Å²) in [6.45, 7) is 4.82. The first-order valence-electron chi connectivity index (χ1n) is 6.83. The number of aliphatic carboxylic acids is 1. The van der Waals surface area contributed by atoms with Gasteiger partial charge in [-0.25, -0.2) is 0 Å². The number of aryl methyl sites for hydroxylation is 1. The lowest BCUT2D eigenvalue weighted by molar-refractivity contribution is -0.136. The molecule has 114 valence electrons. The zero-order valence-electron chi connectivity index (χ0n) is 12.1. The molecule has 21 heavy (non-hydrogen) atoms. The molecule has 1 saturated heterocycles. The molecule has 1 aromatic rings. The molecule has 0 aliphatic carbocycles. The van der Waals surface area contributed by atoms with Gasteiger partial charge in [0.05, 0.1) is 6.54 Å². The molecule has 0 bridgehead atoms. The highest BCUT2D eigenvalue weighted by Gasteiger charge is 2.36. The van der Waals surface area contributed by atoms with Crippen LogP contribution in [-0.2, 0) is 4.79 Å². The van der Waals surface area contributed by atoms with E-state index in [1.54, 1.807) is 23.1 Å². The van der Waals surface area contributed by atoms with Crippen LogP contribution in [0.3, 0.4) is 0 Å². The molecule has 2 rings (SSSR count). The molecule has 1 aromatic carbocycles. The molecule has 1 fully saturated rings. The van der Waals surface area contributed by atoms with Gasteiger partial charge in [-0.3, -0.25) is 14.9 Å². The molecule has 5 nitrogen and oxygen atoms in total. The van der Waals surface area contributed by atoms with Crippen LogP contribution < -0.4 is 5.32 Å². The number of hydrogen-bond donors (Lipinski definition) is 2. The normalized spacial score (nSPS) is 21.6. The first kappa shape index (κ1) is 15.8. The minimum absolute atomic E-state index is 0.0457. The molecule has 0 saturated carbocycles. The average molecular weight is 311 g/mol. The monoisotopic (exact) mass is 310 g/mol. The number of carboxylic acids is 1. The van der Waals surface area contributed by atoms with Crippen molar-refractivity contribution in [2.75, 3.05) is 19.6 Å². The summed E-state index contributed by atoms with van der Waals surface area (Å²) in [7, 11) is 0. The van der Waals surface area contributed by atoms with E-state index in [9.17, 15) is 9.59 Å². The zero-order valence-corrected chi connectivity index (χ0v) is 12.9. The molecule has 1 atom stereocenters. The summed E-state index contributed by atoms with van der Waals surface area (Å²) in [5.74, 6) is -0.940. The van der Waals surface area contributed by atoms with Gasteiger partial charge in [-0.1, -0.05) is 11.6 Å². The van der Waals surface area contributed by atoms with Gasteiger partial charge in [-0.15, -0.1) is 0 Å². The van der Waals surface area contributed by atoms with Crippen molar-refractivity contribution in [1.29, 1.82) is 0 Å². The van der Waals surface area contributed by atoms with E-state index in [1.807, 2.05) is 13.8 Å². The summed E-state index contributed by atoms with van der Waals surface area (Å²) < 4.78 is 0. The van der Waals surface area contributed by atoms with E-state index in [1.165, 1.54) is 0 Å². The quantitative estimate of drug-likeness (QED) is 0.891. The van der Waals surface area contributed by atoms with E-state index < -0.39 is 5.97 Å². The van der Waals surface area contributed by atoms with Crippen molar-refractivity contribution in [1.82, 2.24) is 10.2 Å². The second-order valence-corrected chi connectivity index (χ2v) is 6.16. The third-order valence-corrected chi connectivity index (χ3v) is 4.26. The summed E-state index contributed by atoms with van der Waals surface area (Å²) >= 11 is 5.97. The Morgan fingerprint density at radius 3 is 2.81 bits per heavy atom. The van der Waals surface area contributed by atoms with Crippen LogP contribution in [0.4, 0.5) is 0 Å². The van der Waals surface area contributed by atoms with Crippen molar-refractivity contribution in [3.05, 3.63) is 34.3 Å². The van der Waals surface area contributed by atoms with Gasteiger partial charge in [-0.05, 0) is 44.0 Å². The van der Waals surface area contributed by atoms with Crippen LogP contribution in [0, 0.1) is 6.92 Å². The Balaban J connectivity index is 2.04. The predicted octanol–water partition coefficient (Wildman–Crippen LogP) is 1.93. The van der Waals surface area contributed by atoms with Crippen molar-refractivity contribution in [3.8, 4) is 0 Å². The smallest absolute Gasteiger partial charge is 0.317 e. The number of nitrogens with zero attached hydrogens (tertiary/aromatic N) is 1. The second-order valence-electron chi connectivity index (χ2n) is 5.75. The van der Waals surface area contributed by atoms with Gasteiger partial charge in [0, 0.05) is 29.2 Å². The van der Waals surface area contributed by atoms with Crippen LogP contribution >= 0.6 is 11.6 Å². The molecule has 1 amide bonds. The molecule has 2 N–H and O–H groups in total. The fraction of sp³-hybridized carbons (Fsp3) is 0.467. The Morgan fingerprint density at radius 2 is 2.19 bits per heavy atom. The third-order valence-electron chi connectivity index (χ3n) is 3.83. The number of carbonyl (C=O) groups is 2. The number of amides is 1. The van der Waals surface area contributed by atoms with Gasteiger partial charge in [0.25, 0.3) is 5.91 Å². The number of benzene rings is 1. The zero-order chi connectivity index (χ0) is 15.6. The summed E-state index contributed by atoms with van der Waals surface area (Å²) in [6.07, 6.45) is 0.735. The largest absolute Gasteiger partial charge is 0.480 e. The summed E-state index contributed by atoms with van der Waals surface area (Å²) in [5.41, 5.74) is 1.13. The SMILES string of the molecule is Cc1cc(C(=O)N2CCC(C)(NCC(=O)O)C2)ccc1Cl. The maximum absolute atomic E-state index is 12.5. The topological polar surface area (TPSA) is 69.6 Å². The maximum Gasteiger partial charge on any atom is 0.317 e. The molecule has 1 aliphatic rings. The molecule has 0 spiro atoms. The van der Waals surface area contributed by atoms with Crippen molar-refractivity contribution < 1.29 is 14.7 Å². The Morgan fingerprint density at radius 1 is 1.48 bits per heavy atom. The van der Waals surface area contributed by atoms with Crippen LogP contribution in [-0.4, -0.2) is 47.1 Å². The van der Waals surface area contributed by atoms with Crippen LogP contribution in [0.2, 0.25) is 5.02 Å². The first-order chi connectivity index (χ1) is 9.81. The fourth-order valence-corrected chi connectivity index (χ4v) is 2.65. The number of rotatable bonds is 4. The second kappa shape index (κ2) is 6.03. The third kappa shape index (κ3) is 3.74. The molecule has 1 unspecified atom stereocenters. The average Bonchev–Trinajstić information content (AvgIpc) is 2.82. The lowest BCUT2D eigenvalue weighted by Crippen LogP contribution is -2.47. The van der Waals surface area contributed by atoms with Gasteiger partial charge in [0.2, 0.25) is 0 Å². The first-order valence-corrected chi connectivity index (χ1v) is 7.21. The summed E-state index contributed by atoms with van der Waals surface area (Å²) in [5, 5.41) is 12.4. The maximum atomic E-state index is 12.5. The van der Waals surface area contributed by atoms with Gasteiger partial charge in [0.15, 0.2) is 0 Å². The molecule has 1 heterocycles. The molecule has 0 radical (unpaired) electrons. The van der Waals surface area contributed by atoms with Crippen molar-refractivity contribution in [3.63, 3.8) is 0 Å². The van der Waals surface area contributed by atoms with E-state index in [0.717, 1.165) is 12.0 Å². The van der Waals surface area contributed by atoms with Gasteiger partial charge < -0.3 is 10.0 Å². The number of halogens is 1. The minimum atomic E-state index is -0.894. The van der Waals surface area contributed by atoms with E-state index in [4.69, 9.17) is 16.7 Å². The van der Waals surface area contributed by atoms with Crippen molar-refractivity contribution >= 4 is 23.5 Å². The van der Waals surface area contributed by atoms with Gasteiger partial charge >= 0.3 is 5.97 Å². The van der Waals surface area contributed by atoms with E-state index in [0.29, 0.717) is 23.7 Å². The van der Waals surface area contributed by atoms with Crippen LogP contribution in [0.1, 0.15) is 29.3 Å². The van der Waals surface area contributed by atoms with Crippen molar-refractivity contribution in [2.45, 2.75) is 25.8 Å². The Kier molecular flexibility index (Phi) is 4.54. The van der Waals surface area contributed by atoms with Gasteiger partial charge in [-0.2, -0.15) is 0 Å². The predicted molar refractivity (Wildman–Crippen MR) is 80.8 cm³/mol. The summed E-state index contributed by atoms with van der Waals surface area (Å²) in [4.78, 5) is 24.9. The Labute approximate surface area is 128 Å². The molecular formula is C15H19ClN2O3. The highest BCUT2D eigenvalue weighted by molar-refractivity contribution is 6.31. The Hall–Kier alpha value is -1.59. The van der Waals surface area contributed by atoms with E-state index in [2.05, 4.69) is 5.32 Å². The van der Waals surface area contributed by atoms with E-state index in [-0.39, 0.29) is 18.0 Å². The van der Waals surface area contributed by atoms with Gasteiger partial charge in [0.1, 0.15) is 0 Å². The van der Waals surface area contributed by atoms with Crippen LogP contribution in [0.15, 0.2) is 18.2 Å². The molecular weight excluding hydrogens is 292 g/mol. The standard InChI is InChI=1S/C15H19ClN2O3/c1-10-7-11(3-4-12(10)16)14(21)18-6-5-15(2,9-18)17-8-13(19)20/h3-4,7,17H,5-6,8-9H2,1-2H3,(H,19,20). The van der Waals surface area contributed by atoms with Crippen LogP contribution in [0.25, 0.3) is 0 Å². The number of likely N-dealkylation sites (tertiary alicyclic amines) is 1. The lowest BCUT2D eigenvalue weighted by atomic mass is 10.0. The highest BCUT2D eigenvalue weighted by atomic mass is 35.5. The number of hydrogen-bond acceptors (Lipinski definition) is 3. The number of carbonyl (C=O) groups excluding carboxylic acids is 1.